The molecule has 0 aromatic carbocycles. The maximum Gasteiger partial charge on any atom is 0.128 e. The highest BCUT2D eigenvalue weighted by Gasteiger charge is 2.23. The zero-order chi connectivity index (χ0) is 14.7. The molecule has 0 aliphatic carbocycles. The number of aryl methyl sites for hydroxylation is 1. The molecule has 2 aliphatic heterocycles. The van der Waals surface area contributed by atoms with E-state index in [2.05, 4.69) is 38.8 Å². The number of halogens is 1. The van der Waals surface area contributed by atoms with Crippen LogP contribution in [0, 0.1) is 6.92 Å². The highest BCUT2D eigenvalue weighted by Crippen LogP contribution is 2.24. The fourth-order valence-corrected chi connectivity index (χ4v) is 3.19. The Morgan fingerprint density at radius 1 is 1.38 bits per heavy atom. The van der Waals surface area contributed by atoms with Crippen LogP contribution in [0.25, 0.3) is 0 Å². The smallest absolute Gasteiger partial charge is 0.128 e. The Bertz CT molecular complexity index is 469. The van der Waals surface area contributed by atoms with Crippen molar-refractivity contribution in [2.75, 3.05) is 31.2 Å². The summed E-state index contributed by atoms with van der Waals surface area (Å²) in [5.74, 6) is 1.08. The summed E-state index contributed by atoms with van der Waals surface area (Å²) in [6.07, 6.45) is 7.08. The molecule has 0 N–H and O–H groups in total. The SMILES string of the molecule is Cc1cc(N2CCC(OCC3CCCO3)CC2)ncc1Br. The number of anilines is 1. The minimum atomic E-state index is 0.332. The van der Waals surface area contributed by atoms with Gasteiger partial charge in [0.1, 0.15) is 5.82 Å². The van der Waals surface area contributed by atoms with Gasteiger partial charge in [0, 0.05) is 30.4 Å². The van der Waals surface area contributed by atoms with Crippen molar-refractivity contribution >= 4 is 21.7 Å². The van der Waals surface area contributed by atoms with Gasteiger partial charge in [-0.15, -0.1) is 0 Å². The van der Waals surface area contributed by atoms with E-state index >= 15 is 0 Å². The van der Waals surface area contributed by atoms with E-state index < -0.39 is 0 Å². The molecule has 3 rings (SSSR count). The Morgan fingerprint density at radius 3 is 2.86 bits per heavy atom. The van der Waals surface area contributed by atoms with Gasteiger partial charge < -0.3 is 14.4 Å². The number of nitrogens with zero attached hydrogens (tertiary/aromatic N) is 2. The molecule has 2 fully saturated rings. The van der Waals surface area contributed by atoms with Gasteiger partial charge in [0.15, 0.2) is 0 Å². The van der Waals surface area contributed by atoms with Crippen molar-refractivity contribution in [1.29, 1.82) is 0 Å². The van der Waals surface area contributed by atoms with Crippen LogP contribution in [0.3, 0.4) is 0 Å². The summed E-state index contributed by atoms with van der Waals surface area (Å²) in [5, 5.41) is 0. The van der Waals surface area contributed by atoms with Gasteiger partial charge in [0.25, 0.3) is 0 Å². The van der Waals surface area contributed by atoms with E-state index in [9.17, 15) is 0 Å². The molecule has 3 heterocycles. The summed E-state index contributed by atoms with van der Waals surface area (Å²) in [4.78, 5) is 6.87. The number of rotatable bonds is 4. The molecular weight excluding hydrogens is 332 g/mol. The van der Waals surface area contributed by atoms with Crippen LogP contribution in [0.4, 0.5) is 5.82 Å². The molecule has 0 spiro atoms. The zero-order valence-corrected chi connectivity index (χ0v) is 14.1. The summed E-state index contributed by atoms with van der Waals surface area (Å²) in [5.41, 5.74) is 1.23. The lowest BCUT2D eigenvalue weighted by atomic mass is 10.1. The Labute approximate surface area is 135 Å². The predicted octanol–water partition coefficient (Wildman–Crippen LogP) is 3.32. The van der Waals surface area contributed by atoms with E-state index in [4.69, 9.17) is 9.47 Å². The first-order valence-corrected chi connectivity index (χ1v) is 8.62. The number of ether oxygens (including phenoxy) is 2. The molecule has 1 unspecified atom stereocenters. The van der Waals surface area contributed by atoms with Gasteiger partial charge in [-0.1, -0.05) is 0 Å². The van der Waals surface area contributed by atoms with Crippen LogP contribution in [-0.2, 0) is 9.47 Å². The molecule has 2 saturated heterocycles. The second-order valence-corrected chi connectivity index (χ2v) is 6.80. The third kappa shape index (κ3) is 3.96. The van der Waals surface area contributed by atoms with Gasteiger partial charge >= 0.3 is 0 Å². The number of hydrogen-bond donors (Lipinski definition) is 0. The van der Waals surface area contributed by atoms with Gasteiger partial charge in [0.05, 0.1) is 18.8 Å². The predicted molar refractivity (Wildman–Crippen MR) is 86.8 cm³/mol. The number of pyridine rings is 1. The highest BCUT2D eigenvalue weighted by molar-refractivity contribution is 9.10. The van der Waals surface area contributed by atoms with E-state index in [0.717, 1.165) is 55.9 Å². The molecule has 21 heavy (non-hydrogen) atoms. The van der Waals surface area contributed by atoms with Crippen LogP contribution < -0.4 is 4.90 Å². The topological polar surface area (TPSA) is 34.6 Å². The van der Waals surface area contributed by atoms with Gasteiger partial charge in [-0.3, -0.25) is 0 Å². The van der Waals surface area contributed by atoms with Crippen molar-refractivity contribution in [3.05, 3.63) is 22.3 Å². The molecule has 1 aromatic rings. The van der Waals surface area contributed by atoms with E-state index in [1.54, 1.807) is 0 Å². The Balaban J connectivity index is 1.46. The van der Waals surface area contributed by atoms with E-state index in [-0.39, 0.29) is 0 Å². The fraction of sp³-hybridized carbons (Fsp3) is 0.688. The van der Waals surface area contributed by atoms with Crippen molar-refractivity contribution in [3.63, 3.8) is 0 Å². The van der Waals surface area contributed by atoms with Crippen molar-refractivity contribution in [3.8, 4) is 0 Å². The first-order valence-electron chi connectivity index (χ1n) is 7.82. The second kappa shape index (κ2) is 7.07. The van der Waals surface area contributed by atoms with Crippen LogP contribution in [0.2, 0.25) is 0 Å². The number of piperidine rings is 1. The van der Waals surface area contributed by atoms with Crippen LogP contribution in [0.1, 0.15) is 31.2 Å². The lowest BCUT2D eigenvalue weighted by Gasteiger charge is -2.33. The molecule has 0 saturated carbocycles. The van der Waals surface area contributed by atoms with Gasteiger partial charge in [0.2, 0.25) is 0 Å². The molecule has 0 radical (unpaired) electrons. The highest BCUT2D eigenvalue weighted by atomic mass is 79.9. The molecule has 1 atom stereocenters. The van der Waals surface area contributed by atoms with Crippen molar-refractivity contribution in [2.45, 2.75) is 44.8 Å². The van der Waals surface area contributed by atoms with Gasteiger partial charge in [-0.2, -0.15) is 0 Å². The summed E-state index contributed by atoms with van der Waals surface area (Å²) < 4.78 is 12.7. The normalized spacial score (nSPS) is 23.7. The molecule has 1 aromatic heterocycles. The Kier molecular flexibility index (Phi) is 5.14. The maximum absolute atomic E-state index is 6.01. The average Bonchev–Trinajstić information content (AvgIpc) is 3.02. The first kappa shape index (κ1) is 15.3. The Morgan fingerprint density at radius 2 is 2.19 bits per heavy atom. The monoisotopic (exact) mass is 354 g/mol. The van der Waals surface area contributed by atoms with Crippen molar-refractivity contribution in [1.82, 2.24) is 4.98 Å². The zero-order valence-electron chi connectivity index (χ0n) is 12.6. The maximum atomic E-state index is 6.01. The molecular formula is C16H23BrN2O2. The molecule has 2 aliphatic rings. The van der Waals surface area contributed by atoms with Crippen LogP contribution in [0.5, 0.6) is 0 Å². The second-order valence-electron chi connectivity index (χ2n) is 5.95. The third-order valence-corrected chi connectivity index (χ3v) is 5.17. The first-order chi connectivity index (χ1) is 10.2. The summed E-state index contributed by atoms with van der Waals surface area (Å²) in [6, 6.07) is 2.15. The molecule has 116 valence electrons. The summed E-state index contributed by atoms with van der Waals surface area (Å²) in [6.45, 7) is 5.81. The minimum absolute atomic E-state index is 0.332. The van der Waals surface area contributed by atoms with Gasteiger partial charge in [-0.05, 0) is 60.2 Å². The molecule has 4 nitrogen and oxygen atoms in total. The minimum Gasteiger partial charge on any atom is -0.376 e. The van der Waals surface area contributed by atoms with E-state index in [1.807, 2.05) is 6.20 Å². The lowest BCUT2D eigenvalue weighted by molar-refractivity contribution is -0.0280. The van der Waals surface area contributed by atoms with Crippen LogP contribution >= 0.6 is 15.9 Å². The average molecular weight is 355 g/mol. The van der Waals surface area contributed by atoms with Crippen LogP contribution in [0.15, 0.2) is 16.7 Å². The third-order valence-electron chi connectivity index (χ3n) is 4.34. The number of aromatic nitrogens is 1. The number of hydrogen-bond acceptors (Lipinski definition) is 4. The largest absolute Gasteiger partial charge is 0.376 e. The van der Waals surface area contributed by atoms with Crippen molar-refractivity contribution in [2.24, 2.45) is 0 Å². The molecule has 0 bridgehead atoms. The standard InChI is InChI=1S/C16H23BrN2O2/c1-12-9-16(18-10-15(12)17)19-6-4-13(5-7-19)21-11-14-3-2-8-20-14/h9-10,13-14H,2-8,11H2,1H3. The van der Waals surface area contributed by atoms with E-state index in [1.165, 1.54) is 12.0 Å². The fourth-order valence-electron chi connectivity index (χ4n) is 2.97. The van der Waals surface area contributed by atoms with E-state index in [0.29, 0.717) is 12.2 Å². The summed E-state index contributed by atoms with van der Waals surface area (Å²) >= 11 is 3.50. The molecule has 5 heteroatoms. The van der Waals surface area contributed by atoms with Crippen molar-refractivity contribution < 1.29 is 9.47 Å². The summed E-state index contributed by atoms with van der Waals surface area (Å²) in [7, 11) is 0. The van der Waals surface area contributed by atoms with Crippen LogP contribution in [-0.4, -0.2) is 43.5 Å². The Hall–Kier alpha value is -0.650. The molecule has 0 amide bonds. The van der Waals surface area contributed by atoms with Gasteiger partial charge in [-0.25, -0.2) is 4.98 Å². The lowest BCUT2D eigenvalue weighted by Crippen LogP contribution is -2.38. The quantitative estimate of drug-likeness (QED) is 0.830.